The van der Waals surface area contributed by atoms with E-state index < -0.39 is 57.9 Å². The van der Waals surface area contributed by atoms with Crippen LogP contribution in [0.25, 0.3) is 0 Å². The summed E-state index contributed by atoms with van der Waals surface area (Å²) in [5, 5.41) is 28.4. The summed E-state index contributed by atoms with van der Waals surface area (Å²) in [6.45, 7) is 2.13. The minimum absolute atomic E-state index is 0.0676. The van der Waals surface area contributed by atoms with Crippen molar-refractivity contribution >= 4 is 19.8 Å². The number of carbonyl (C=O) groups is 2. The molecule has 4 N–H and O–H groups in total. The highest BCUT2D eigenvalue weighted by atomic mass is 31.2. The lowest BCUT2D eigenvalue weighted by Crippen LogP contribution is -2.29. The molecule has 0 saturated heterocycles. The van der Waals surface area contributed by atoms with Crippen LogP contribution in [0.2, 0.25) is 0 Å². The van der Waals surface area contributed by atoms with Crippen LogP contribution in [0.1, 0.15) is 149 Å². The van der Waals surface area contributed by atoms with Crippen LogP contribution in [0.4, 0.5) is 0 Å². The number of phosphoric ester groups is 1. The van der Waals surface area contributed by atoms with Gasteiger partial charge in [-0.3, -0.25) is 18.6 Å². The maximum atomic E-state index is 12.6. The zero-order valence-electron chi connectivity index (χ0n) is 34.4. The summed E-state index contributed by atoms with van der Waals surface area (Å²) in [5.74, 6) is -1.05. The SMILES string of the molecule is CCCCC/C=C\C=C/[C@H](O)C/C=C\C/C=C/CCCC(=O)O[C@H](COC(=O)CCCCCCC/C=C\C/C=C\CCCCC)COP(=O)(O)OC[C@@H](O)CO. The highest BCUT2D eigenvalue weighted by Crippen LogP contribution is 2.43. The highest BCUT2D eigenvalue weighted by molar-refractivity contribution is 7.47. The molecule has 1 unspecified atom stereocenters. The first-order valence-corrected chi connectivity index (χ1v) is 22.5. The van der Waals surface area contributed by atoms with Gasteiger partial charge in [0.1, 0.15) is 12.7 Å². The van der Waals surface area contributed by atoms with Crippen molar-refractivity contribution in [2.45, 2.75) is 167 Å². The molecule has 0 amide bonds. The monoisotopic (exact) mass is 811 g/mol. The van der Waals surface area contributed by atoms with Gasteiger partial charge >= 0.3 is 19.8 Å². The maximum absolute atomic E-state index is 12.6. The number of unbranched alkanes of at least 4 members (excludes halogenated alkanes) is 12. The number of phosphoric acid groups is 1. The van der Waals surface area contributed by atoms with Crippen LogP contribution in [0, 0.1) is 0 Å². The van der Waals surface area contributed by atoms with Gasteiger partial charge < -0.3 is 29.7 Å². The zero-order chi connectivity index (χ0) is 41.4. The molecule has 0 saturated carbocycles. The van der Waals surface area contributed by atoms with Gasteiger partial charge in [0.15, 0.2) is 6.10 Å². The molecule has 0 spiro atoms. The van der Waals surface area contributed by atoms with Crippen molar-refractivity contribution < 1.29 is 52.9 Å². The van der Waals surface area contributed by atoms with Gasteiger partial charge in [-0.05, 0) is 77.0 Å². The van der Waals surface area contributed by atoms with Crippen molar-refractivity contribution in [2.24, 2.45) is 0 Å². The standard InChI is InChI=1S/C44H75O11P/c1-3-5-7-9-11-12-13-14-15-16-17-18-22-26-30-34-43(48)52-38-42(39-54-56(50,51)53-37-41(47)36-45)55-44(49)35-31-27-23-19-21-25-29-33-40(46)32-28-24-20-10-8-6-4-2/h11-12,14-15,19-20,23-25,28-29,32,40-42,45-47H,3-10,13,16-18,21-22,26-27,30-31,33-39H2,1-2H3,(H,50,51)/b12-11-,15-14-,23-19+,24-20-,29-25-,32-28-/t40-,41-,42+/m0/s1. The fourth-order valence-electron chi connectivity index (χ4n) is 5.09. The first kappa shape index (κ1) is 53.4. The van der Waals surface area contributed by atoms with Gasteiger partial charge in [-0.25, -0.2) is 4.57 Å². The summed E-state index contributed by atoms with van der Waals surface area (Å²) >= 11 is 0. The van der Waals surface area contributed by atoms with Crippen LogP contribution in [-0.2, 0) is 32.7 Å². The number of allylic oxidation sites excluding steroid dienone is 10. The number of aliphatic hydroxyl groups is 3. The van der Waals surface area contributed by atoms with Crippen LogP contribution in [0.15, 0.2) is 72.9 Å². The van der Waals surface area contributed by atoms with Gasteiger partial charge in [0.2, 0.25) is 0 Å². The van der Waals surface area contributed by atoms with E-state index in [1.165, 1.54) is 38.5 Å². The normalized spacial score (nSPS) is 15.2. The van der Waals surface area contributed by atoms with Gasteiger partial charge in [0.05, 0.1) is 25.9 Å². The lowest BCUT2D eigenvalue weighted by atomic mass is 10.1. The minimum Gasteiger partial charge on any atom is -0.462 e. The zero-order valence-corrected chi connectivity index (χ0v) is 35.3. The van der Waals surface area contributed by atoms with Crippen molar-refractivity contribution in [2.75, 3.05) is 26.4 Å². The Balaban J connectivity index is 4.52. The smallest absolute Gasteiger partial charge is 0.462 e. The Labute approximate surface area is 338 Å². The second-order valence-electron chi connectivity index (χ2n) is 13.9. The molecule has 0 aromatic rings. The molecule has 0 aromatic heterocycles. The fraction of sp³-hybridized carbons (Fsp3) is 0.682. The van der Waals surface area contributed by atoms with Gasteiger partial charge in [0.25, 0.3) is 0 Å². The second kappa shape index (κ2) is 39.2. The molecule has 4 atom stereocenters. The summed E-state index contributed by atoms with van der Waals surface area (Å²) in [6.07, 6.45) is 40.4. The van der Waals surface area contributed by atoms with Crippen molar-refractivity contribution in [1.82, 2.24) is 0 Å². The Bertz CT molecular complexity index is 1180. The van der Waals surface area contributed by atoms with E-state index in [9.17, 15) is 29.3 Å². The quantitative estimate of drug-likeness (QED) is 0.0154. The molecule has 0 aliphatic rings. The fourth-order valence-corrected chi connectivity index (χ4v) is 5.88. The Morgan fingerprint density at radius 3 is 1.79 bits per heavy atom. The number of rotatable bonds is 38. The predicted molar refractivity (Wildman–Crippen MR) is 225 cm³/mol. The van der Waals surface area contributed by atoms with E-state index in [1.807, 2.05) is 36.5 Å². The largest absolute Gasteiger partial charge is 0.472 e. The molecule has 11 nitrogen and oxygen atoms in total. The van der Waals surface area contributed by atoms with E-state index in [2.05, 4.69) is 48.8 Å². The molecule has 322 valence electrons. The third-order valence-electron chi connectivity index (χ3n) is 8.41. The van der Waals surface area contributed by atoms with Gasteiger partial charge in [-0.2, -0.15) is 0 Å². The summed E-state index contributed by atoms with van der Waals surface area (Å²) in [7, 11) is -4.65. The number of hydrogen-bond acceptors (Lipinski definition) is 10. The van der Waals surface area contributed by atoms with Crippen molar-refractivity contribution in [1.29, 1.82) is 0 Å². The Morgan fingerprint density at radius 1 is 0.607 bits per heavy atom. The van der Waals surface area contributed by atoms with Crippen LogP contribution in [-0.4, -0.2) is 76.9 Å². The minimum atomic E-state index is -4.65. The predicted octanol–water partition coefficient (Wildman–Crippen LogP) is 9.86. The average Bonchev–Trinajstić information content (AvgIpc) is 3.18. The van der Waals surface area contributed by atoms with E-state index in [0.29, 0.717) is 32.1 Å². The molecule has 0 bridgehead atoms. The number of esters is 2. The van der Waals surface area contributed by atoms with E-state index in [4.69, 9.17) is 19.1 Å². The Morgan fingerprint density at radius 2 is 1.14 bits per heavy atom. The number of aliphatic hydroxyl groups excluding tert-OH is 3. The lowest BCUT2D eigenvalue weighted by Gasteiger charge is -2.20. The van der Waals surface area contributed by atoms with Crippen molar-refractivity contribution in [3.8, 4) is 0 Å². The molecule has 0 radical (unpaired) electrons. The molecular formula is C44H75O11P. The van der Waals surface area contributed by atoms with Gasteiger partial charge in [0, 0.05) is 12.8 Å². The molecule has 0 aliphatic carbocycles. The molecule has 0 aliphatic heterocycles. The Hall–Kier alpha value is -2.63. The summed E-state index contributed by atoms with van der Waals surface area (Å²) in [5.41, 5.74) is 0. The highest BCUT2D eigenvalue weighted by Gasteiger charge is 2.27. The van der Waals surface area contributed by atoms with Crippen molar-refractivity contribution in [3.63, 3.8) is 0 Å². The molecule has 12 heteroatoms. The Kier molecular flexibility index (Phi) is 37.4. The number of ether oxygens (including phenoxy) is 2. The topological polar surface area (TPSA) is 169 Å². The molecule has 0 aromatic carbocycles. The molecule has 56 heavy (non-hydrogen) atoms. The van der Waals surface area contributed by atoms with Crippen LogP contribution < -0.4 is 0 Å². The van der Waals surface area contributed by atoms with Crippen LogP contribution >= 0.6 is 7.82 Å². The summed E-state index contributed by atoms with van der Waals surface area (Å²) in [4.78, 5) is 34.9. The maximum Gasteiger partial charge on any atom is 0.472 e. The number of hydrogen-bond donors (Lipinski definition) is 4. The van der Waals surface area contributed by atoms with E-state index in [1.54, 1.807) is 6.08 Å². The van der Waals surface area contributed by atoms with E-state index in [-0.39, 0.29) is 19.4 Å². The van der Waals surface area contributed by atoms with Crippen LogP contribution in [0.5, 0.6) is 0 Å². The average molecular weight is 811 g/mol. The lowest BCUT2D eigenvalue weighted by molar-refractivity contribution is -0.161. The van der Waals surface area contributed by atoms with Crippen LogP contribution in [0.3, 0.4) is 0 Å². The number of carbonyl (C=O) groups excluding carboxylic acids is 2. The summed E-state index contributed by atoms with van der Waals surface area (Å²) < 4.78 is 32.6. The molecular weight excluding hydrogens is 735 g/mol. The molecule has 0 fully saturated rings. The first-order chi connectivity index (χ1) is 27.1. The third-order valence-corrected chi connectivity index (χ3v) is 9.36. The third kappa shape index (κ3) is 38.3. The first-order valence-electron chi connectivity index (χ1n) is 21.0. The van der Waals surface area contributed by atoms with E-state index >= 15 is 0 Å². The van der Waals surface area contributed by atoms with Crippen molar-refractivity contribution in [3.05, 3.63) is 72.9 Å². The van der Waals surface area contributed by atoms with Gasteiger partial charge in [-0.1, -0.05) is 132 Å². The van der Waals surface area contributed by atoms with E-state index in [0.717, 1.165) is 51.4 Å². The molecule has 0 rings (SSSR count). The van der Waals surface area contributed by atoms with Gasteiger partial charge in [-0.15, -0.1) is 0 Å². The molecule has 0 heterocycles. The second-order valence-corrected chi connectivity index (χ2v) is 15.3. The summed E-state index contributed by atoms with van der Waals surface area (Å²) in [6, 6.07) is 0.